The van der Waals surface area contributed by atoms with Crippen molar-refractivity contribution in [2.24, 2.45) is 0 Å². The molecule has 0 radical (unpaired) electrons. The highest BCUT2D eigenvalue weighted by Crippen LogP contribution is 2.20. The molecule has 0 aliphatic heterocycles. The highest BCUT2D eigenvalue weighted by atomic mass is 32.2. The summed E-state index contributed by atoms with van der Waals surface area (Å²) < 4.78 is 0. The number of nitrogens with zero attached hydrogens (tertiary/aromatic N) is 3. The molecule has 5 nitrogen and oxygen atoms in total. The number of thioether (sulfide) groups is 1. The second kappa shape index (κ2) is 8.84. The standard InChI is InChI=1S/C14H16N4OS/c15-6-2-8-18(9-3-7-16)14(19)11-20-13-5-1-4-12(17)10-13/h1,4-5,10H,2-3,8-9,11,17H2. The lowest BCUT2D eigenvalue weighted by molar-refractivity contribution is -0.128. The van der Waals surface area contributed by atoms with Crippen LogP contribution in [0.15, 0.2) is 29.2 Å². The number of benzene rings is 1. The monoisotopic (exact) mass is 288 g/mol. The Labute approximate surface area is 123 Å². The van der Waals surface area contributed by atoms with Crippen LogP contribution in [0.3, 0.4) is 0 Å². The van der Waals surface area contributed by atoms with Crippen LogP contribution in [-0.4, -0.2) is 29.6 Å². The molecule has 0 unspecified atom stereocenters. The number of nitriles is 2. The van der Waals surface area contributed by atoms with Crippen LogP contribution in [0.5, 0.6) is 0 Å². The summed E-state index contributed by atoms with van der Waals surface area (Å²) in [5.41, 5.74) is 6.34. The third-order valence-electron chi connectivity index (χ3n) is 2.56. The highest BCUT2D eigenvalue weighted by molar-refractivity contribution is 8.00. The fraction of sp³-hybridized carbons (Fsp3) is 0.357. The van der Waals surface area contributed by atoms with Crippen molar-refractivity contribution in [3.63, 3.8) is 0 Å². The summed E-state index contributed by atoms with van der Waals surface area (Å²) in [5.74, 6) is 0.211. The molecule has 1 amide bonds. The first kappa shape index (κ1) is 15.9. The van der Waals surface area contributed by atoms with E-state index in [0.29, 0.717) is 18.8 Å². The van der Waals surface area contributed by atoms with Gasteiger partial charge < -0.3 is 10.6 Å². The predicted octanol–water partition coefficient (Wildman–Crippen LogP) is 2.02. The van der Waals surface area contributed by atoms with E-state index >= 15 is 0 Å². The first-order valence-electron chi connectivity index (χ1n) is 6.17. The summed E-state index contributed by atoms with van der Waals surface area (Å²) in [4.78, 5) is 14.6. The summed E-state index contributed by atoms with van der Waals surface area (Å²) in [6.07, 6.45) is 0.556. The molecule has 6 heteroatoms. The Morgan fingerprint density at radius 2 is 1.90 bits per heavy atom. The zero-order valence-corrected chi connectivity index (χ0v) is 11.9. The van der Waals surface area contributed by atoms with E-state index < -0.39 is 0 Å². The number of nitrogens with two attached hydrogens (primary N) is 1. The lowest BCUT2D eigenvalue weighted by Gasteiger charge is -2.20. The first-order valence-corrected chi connectivity index (χ1v) is 7.16. The quantitative estimate of drug-likeness (QED) is 0.612. The molecular formula is C14H16N4OS. The third kappa shape index (κ3) is 5.64. The number of anilines is 1. The van der Waals surface area contributed by atoms with Gasteiger partial charge in [0.15, 0.2) is 0 Å². The Balaban J connectivity index is 2.53. The van der Waals surface area contributed by atoms with Gasteiger partial charge >= 0.3 is 0 Å². The highest BCUT2D eigenvalue weighted by Gasteiger charge is 2.13. The van der Waals surface area contributed by atoms with Crippen molar-refractivity contribution in [3.8, 4) is 12.1 Å². The Morgan fingerprint density at radius 3 is 2.45 bits per heavy atom. The zero-order chi connectivity index (χ0) is 14.8. The maximum atomic E-state index is 12.1. The number of carbonyl (C=O) groups excluding carboxylic acids is 1. The van der Waals surface area contributed by atoms with E-state index in [1.54, 1.807) is 11.0 Å². The maximum absolute atomic E-state index is 12.1. The van der Waals surface area contributed by atoms with Crippen molar-refractivity contribution >= 4 is 23.4 Å². The molecule has 0 bridgehead atoms. The topological polar surface area (TPSA) is 93.9 Å². The molecule has 0 fully saturated rings. The summed E-state index contributed by atoms with van der Waals surface area (Å²) in [5, 5.41) is 17.2. The molecule has 0 aliphatic rings. The summed E-state index contributed by atoms with van der Waals surface area (Å²) >= 11 is 1.40. The average molecular weight is 288 g/mol. The lowest BCUT2D eigenvalue weighted by atomic mass is 10.3. The molecule has 20 heavy (non-hydrogen) atoms. The number of rotatable bonds is 7. The van der Waals surface area contributed by atoms with Crippen LogP contribution in [0.4, 0.5) is 5.69 Å². The number of carbonyl (C=O) groups is 1. The molecule has 1 aromatic carbocycles. The van der Waals surface area contributed by atoms with Crippen LogP contribution in [0.2, 0.25) is 0 Å². The second-order valence-electron chi connectivity index (χ2n) is 4.06. The minimum atomic E-state index is -0.0667. The molecule has 1 rings (SSSR count). The fourth-order valence-electron chi connectivity index (χ4n) is 1.57. The van der Waals surface area contributed by atoms with Gasteiger partial charge in [0, 0.05) is 23.7 Å². The van der Waals surface area contributed by atoms with E-state index in [9.17, 15) is 4.79 Å². The Hall–Kier alpha value is -2.18. The van der Waals surface area contributed by atoms with Crippen LogP contribution < -0.4 is 5.73 Å². The van der Waals surface area contributed by atoms with Crippen LogP contribution >= 0.6 is 11.8 Å². The molecule has 0 heterocycles. The van der Waals surface area contributed by atoms with Gasteiger partial charge in [-0.1, -0.05) is 6.07 Å². The van der Waals surface area contributed by atoms with Gasteiger partial charge in [-0.2, -0.15) is 10.5 Å². The van der Waals surface area contributed by atoms with Crippen LogP contribution in [0.25, 0.3) is 0 Å². The van der Waals surface area contributed by atoms with Gasteiger partial charge in [-0.3, -0.25) is 4.79 Å². The van der Waals surface area contributed by atoms with Crippen molar-refractivity contribution in [2.45, 2.75) is 17.7 Å². The van der Waals surface area contributed by atoms with Gasteiger partial charge in [0.25, 0.3) is 0 Å². The molecule has 0 saturated heterocycles. The van der Waals surface area contributed by atoms with E-state index in [4.69, 9.17) is 16.3 Å². The van der Waals surface area contributed by atoms with E-state index in [1.165, 1.54) is 11.8 Å². The number of hydrogen-bond donors (Lipinski definition) is 1. The third-order valence-corrected chi connectivity index (χ3v) is 3.54. The maximum Gasteiger partial charge on any atom is 0.232 e. The van der Waals surface area contributed by atoms with Crippen molar-refractivity contribution in [1.82, 2.24) is 4.90 Å². The lowest BCUT2D eigenvalue weighted by Crippen LogP contribution is -2.34. The Bertz CT molecular complexity index is 515. The number of nitrogen functional groups attached to an aromatic ring is 1. The van der Waals surface area contributed by atoms with Gasteiger partial charge in [0.1, 0.15) is 0 Å². The van der Waals surface area contributed by atoms with Gasteiger partial charge in [-0.25, -0.2) is 0 Å². The molecule has 0 saturated carbocycles. The van der Waals surface area contributed by atoms with Crippen molar-refractivity contribution < 1.29 is 4.79 Å². The zero-order valence-electron chi connectivity index (χ0n) is 11.1. The van der Waals surface area contributed by atoms with E-state index in [2.05, 4.69) is 0 Å². The Kier molecular flexibility index (Phi) is 7.02. The van der Waals surface area contributed by atoms with E-state index in [-0.39, 0.29) is 24.5 Å². The van der Waals surface area contributed by atoms with Crippen molar-refractivity contribution in [2.75, 3.05) is 24.6 Å². The molecule has 0 aromatic heterocycles. The van der Waals surface area contributed by atoms with Gasteiger partial charge in [-0.15, -0.1) is 11.8 Å². The summed E-state index contributed by atoms with van der Waals surface area (Å²) in [6, 6.07) is 11.4. The van der Waals surface area contributed by atoms with Gasteiger partial charge in [0.05, 0.1) is 30.7 Å². The summed E-state index contributed by atoms with van der Waals surface area (Å²) in [6.45, 7) is 0.739. The van der Waals surface area contributed by atoms with Crippen LogP contribution in [0, 0.1) is 22.7 Å². The Morgan fingerprint density at radius 1 is 1.25 bits per heavy atom. The number of amides is 1. The second-order valence-corrected chi connectivity index (χ2v) is 5.11. The minimum Gasteiger partial charge on any atom is -0.399 e. The van der Waals surface area contributed by atoms with Crippen molar-refractivity contribution in [3.05, 3.63) is 24.3 Å². The molecule has 0 atom stereocenters. The number of hydrogen-bond acceptors (Lipinski definition) is 5. The van der Waals surface area contributed by atoms with Crippen LogP contribution in [-0.2, 0) is 4.79 Å². The average Bonchev–Trinajstić information content (AvgIpc) is 2.45. The molecule has 2 N–H and O–H groups in total. The smallest absolute Gasteiger partial charge is 0.232 e. The molecular weight excluding hydrogens is 272 g/mol. The molecule has 1 aromatic rings. The minimum absolute atomic E-state index is 0.0667. The largest absolute Gasteiger partial charge is 0.399 e. The van der Waals surface area contributed by atoms with Gasteiger partial charge in [0.2, 0.25) is 5.91 Å². The SMILES string of the molecule is N#CCCN(CCC#N)C(=O)CSc1cccc(N)c1. The predicted molar refractivity (Wildman–Crippen MR) is 78.6 cm³/mol. The molecule has 0 spiro atoms. The van der Waals surface area contributed by atoms with Gasteiger partial charge in [-0.05, 0) is 18.2 Å². The molecule has 0 aliphatic carbocycles. The van der Waals surface area contributed by atoms with Crippen molar-refractivity contribution in [1.29, 1.82) is 10.5 Å². The van der Waals surface area contributed by atoms with E-state index in [0.717, 1.165) is 4.90 Å². The summed E-state index contributed by atoms with van der Waals surface area (Å²) in [7, 11) is 0. The molecule has 104 valence electrons. The van der Waals surface area contributed by atoms with E-state index in [1.807, 2.05) is 30.3 Å². The fourth-order valence-corrected chi connectivity index (χ4v) is 2.44. The normalized spacial score (nSPS) is 9.50. The van der Waals surface area contributed by atoms with Crippen LogP contribution in [0.1, 0.15) is 12.8 Å². The first-order chi connectivity index (χ1) is 9.67.